The summed E-state index contributed by atoms with van der Waals surface area (Å²) in [7, 11) is 0. The first-order valence-corrected chi connectivity index (χ1v) is 6.95. The second kappa shape index (κ2) is 6.15. The van der Waals surface area contributed by atoms with Crippen LogP contribution in [0.5, 0.6) is 0 Å². The fourth-order valence-corrected chi connectivity index (χ4v) is 2.29. The monoisotopic (exact) mass is 319 g/mol. The molecule has 112 valence electrons. The van der Waals surface area contributed by atoms with Gasteiger partial charge in [0.25, 0.3) is 0 Å². The summed E-state index contributed by atoms with van der Waals surface area (Å²) < 4.78 is 23.8. The van der Waals surface area contributed by atoms with Crippen LogP contribution in [0.4, 0.5) is 4.39 Å². The average Bonchev–Trinajstić information content (AvgIpc) is 2.90. The molecule has 0 spiro atoms. The Balaban J connectivity index is 1.68. The first kappa shape index (κ1) is 14.5. The molecule has 0 saturated heterocycles. The van der Waals surface area contributed by atoms with Crippen LogP contribution >= 0.6 is 11.6 Å². The van der Waals surface area contributed by atoms with E-state index in [1.54, 1.807) is 12.1 Å². The molecule has 22 heavy (non-hydrogen) atoms. The Labute approximate surface area is 130 Å². The second-order valence-corrected chi connectivity index (χ2v) is 5.07. The lowest BCUT2D eigenvalue weighted by molar-refractivity contribution is -0.144. The highest BCUT2D eigenvalue weighted by Gasteiger charge is 2.15. The van der Waals surface area contributed by atoms with Gasteiger partial charge in [0.05, 0.1) is 11.4 Å². The minimum absolute atomic E-state index is 0.0525. The summed E-state index contributed by atoms with van der Waals surface area (Å²) in [6.07, 6.45) is -0.0525. The summed E-state index contributed by atoms with van der Waals surface area (Å²) in [4.78, 5) is 11.9. The molecule has 2 aromatic carbocycles. The van der Waals surface area contributed by atoms with Crippen molar-refractivity contribution < 1.29 is 18.4 Å². The van der Waals surface area contributed by atoms with E-state index in [1.165, 1.54) is 12.1 Å². The minimum atomic E-state index is -0.529. The van der Waals surface area contributed by atoms with Crippen molar-refractivity contribution in [1.82, 2.24) is 5.16 Å². The maximum atomic E-state index is 13.6. The number of halogens is 2. The summed E-state index contributed by atoms with van der Waals surface area (Å²) in [5.74, 6) is -1.04. The largest absolute Gasteiger partial charge is 0.460 e. The van der Waals surface area contributed by atoms with Crippen LogP contribution in [0.2, 0.25) is 5.02 Å². The van der Waals surface area contributed by atoms with Crippen LogP contribution in [0.1, 0.15) is 11.3 Å². The summed E-state index contributed by atoms with van der Waals surface area (Å²) in [5, 5.41) is 4.82. The summed E-state index contributed by atoms with van der Waals surface area (Å²) in [6, 6.07) is 11.5. The number of rotatable bonds is 4. The molecular weight excluding hydrogens is 309 g/mol. The van der Waals surface area contributed by atoms with Crippen molar-refractivity contribution in [3.63, 3.8) is 0 Å². The number of benzene rings is 2. The van der Waals surface area contributed by atoms with Gasteiger partial charge in [-0.3, -0.25) is 4.79 Å². The van der Waals surface area contributed by atoms with Crippen LogP contribution in [0.3, 0.4) is 0 Å². The van der Waals surface area contributed by atoms with E-state index in [0.717, 1.165) is 5.39 Å². The topological polar surface area (TPSA) is 52.3 Å². The molecule has 0 fully saturated rings. The molecule has 0 atom stereocenters. The predicted octanol–water partition coefficient (Wildman–Crippen LogP) is 3.91. The number of para-hydroxylation sites is 1. The quantitative estimate of drug-likeness (QED) is 0.684. The Morgan fingerprint density at radius 2 is 2.05 bits per heavy atom. The summed E-state index contributed by atoms with van der Waals surface area (Å²) in [6.45, 7) is -0.222. The molecule has 0 radical (unpaired) electrons. The SMILES string of the molecule is O=C(Cc1noc2ccccc12)OCc1c(F)cccc1Cl. The Morgan fingerprint density at radius 3 is 2.86 bits per heavy atom. The lowest BCUT2D eigenvalue weighted by Gasteiger charge is -2.06. The molecule has 4 nitrogen and oxygen atoms in total. The van der Waals surface area contributed by atoms with Gasteiger partial charge in [-0.15, -0.1) is 0 Å². The highest BCUT2D eigenvalue weighted by atomic mass is 35.5. The average molecular weight is 320 g/mol. The number of fused-ring (bicyclic) bond motifs is 1. The van der Waals surface area contributed by atoms with Gasteiger partial charge >= 0.3 is 5.97 Å². The zero-order valence-corrected chi connectivity index (χ0v) is 12.1. The second-order valence-electron chi connectivity index (χ2n) is 4.66. The van der Waals surface area contributed by atoms with E-state index in [4.69, 9.17) is 20.9 Å². The van der Waals surface area contributed by atoms with Gasteiger partial charge in [0.1, 0.15) is 18.1 Å². The maximum Gasteiger partial charge on any atom is 0.312 e. The van der Waals surface area contributed by atoms with Gasteiger partial charge in [0, 0.05) is 10.9 Å². The Bertz CT molecular complexity index is 811. The highest BCUT2D eigenvalue weighted by Crippen LogP contribution is 2.21. The summed E-state index contributed by atoms with van der Waals surface area (Å²) in [5.41, 5.74) is 1.24. The van der Waals surface area contributed by atoms with E-state index >= 15 is 0 Å². The minimum Gasteiger partial charge on any atom is -0.460 e. The molecule has 0 aliphatic rings. The van der Waals surface area contributed by atoms with Gasteiger partial charge in [0.2, 0.25) is 0 Å². The van der Waals surface area contributed by atoms with E-state index < -0.39 is 11.8 Å². The van der Waals surface area contributed by atoms with Gasteiger partial charge in [-0.05, 0) is 24.3 Å². The first-order chi connectivity index (χ1) is 10.6. The molecule has 0 aliphatic carbocycles. The lowest BCUT2D eigenvalue weighted by atomic mass is 10.2. The Hall–Kier alpha value is -2.40. The number of nitrogens with zero attached hydrogens (tertiary/aromatic N) is 1. The van der Waals surface area contributed by atoms with Crippen LogP contribution < -0.4 is 0 Å². The maximum absolute atomic E-state index is 13.6. The fraction of sp³-hybridized carbons (Fsp3) is 0.125. The van der Waals surface area contributed by atoms with E-state index in [0.29, 0.717) is 11.3 Å². The molecule has 0 unspecified atom stereocenters. The van der Waals surface area contributed by atoms with E-state index in [1.807, 2.05) is 18.2 Å². The zero-order chi connectivity index (χ0) is 15.5. The van der Waals surface area contributed by atoms with Crippen LogP contribution in [0, 0.1) is 5.82 Å². The van der Waals surface area contributed by atoms with Gasteiger partial charge in [-0.2, -0.15) is 0 Å². The molecule has 0 bridgehead atoms. The smallest absolute Gasteiger partial charge is 0.312 e. The van der Waals surface area contributed by atoms with Gasteiger partial charge < -0.3 is 9.26 Å². The number of carbonyl (C=O) groups is 1. The van der Waals surface area contributed by atoms with Crippen molar-refractivity contribution in [2.45, 2.75) is 13.0 Å². The van der Waals surface area contributed by atoms with E-state index in [9.17, 15) is 9.18 Å². The first-order valence-electron chi connectivity index (χ1n) is 6.57. The molecule has 6 heteroatoms. The third-order valence-corrected chi connectivity index (χ3v) is 3.56. The van der Waals surface area contributed by atoms with E-state index in [-0.39, 0.29) is 23.6 Å². The van der Waals surface area contributed by atoms with Crippen LogP contribution in [0.15, 0.2) is 47.0 Å². The van der Waals surface area contributed by atoms with Crippen molar-refractivity contribution in [2.24, 2.45) is 0 Å². The number of hydrogen-bond donors (Lipinski definition) is 0. The van der Waals surface area contributed by atoms with Crippen LogP contribution in [-0.2, 0) is 22.6 Å². The third kappa shape index (κ3) is 2.94. The fourth-order valence-electron chi connectivity index (χ4n) is 2.08. The number of aromatic nitrogens is 1. The van der Waals surface area contributed by atoms with Crippen LogP contribution in [0.25, 0.3) is 11.0 Å². The van der Waals surface area contributed by atoms with E-state index in [2.05, 4.69) is 5.16 Å². The third-order valence-electron chi connectivity index (χ3n) is 3.20. The predicted molar refractivity (Wildman–Crippen MR) is 78.9 cm³/mol. The molecule has 1 aromatic heterocycles. The highest BCUT2D eigenvalue weighted by molar-refractivity contribution is 6.31. The molecule has 3 aromatic rings. The molecule has 0 amide bonds. The van der Waals surface area contributed by atoms with Crippen molar-refractivity contribution in [3.8, 4) is 0 Å². The molecule has 0 aliphatic heterocycles. The van der Waals surface area contributed by atoms with Crippen molar-refractivity contribution in [3.05, 3.63) is 64.6 Å². The number of carbonyl (C=O) groups excluding carboxylic acids is 1. The number of esters is 1. The Morgan fingerprint density at radius 1 is 1.23 bits per heavy atom. The van der Waals surface area contributed by atoms with Gasteiger partial charge in [-0.25, -0.2) is 4.39 Å². The van der Waals surface area contributed by atoms with Crippen molar-refractivity contribution in [1.29, 1.82) is 0 Å². The normalized spacial score (nSPS) is 10.8. The standard InChI is InChI=1S/C16H11ClFNO3/c17-12-5-3-6-13(18)11(12)9-21-16(20)8-14-10-4-1-2-7-15(10)22-19-14/h1-7H,8-9H2. The molecule has 1 heterocycles. The lowest BCUT2D eigenvalue weighted by Crippen LogP contribution is -2.09. The Kier molecular flexibility index (Phi) is 4.06. The zero-order valence-electron chi connectivity index (χ0n) is 11.4. The number of hydrogen-bond acceptors (Lipinski definition) is 4. The number of ether oxygens (including phenoxy) is 1. The van der Waals surface area contributed by atoms with Crippen LogP contribution in [-0.4, -0.2) is 11.1 Å². The summed E-state index contributed by atoms with van der Waals surface area (Å²) >= 11 is 5.88. The molecular formula is C16H11ClFNO3. The van der Waals surface area contributed by atoms with Crippen molar-refractivity contribution >= 4 is 28.5 Å². The molecule has 0 N–H and O–H groups in total. The van der Waals surface area contributed by atoms with Gasteiger partial charge in [-0.1, -0.05) is 35.0 Å². The molecule has 0 saturated carbocycles. The van der Waals surface area contributed by atoms with Crippen molar-refractivity contribution in [2.75, 3.05) is 0 Å². The molecule has 3 rings (SSSR count). The van der Waals surface area contributed by atoms with Gasteiger partial charge in [0.15, 0.2) is 5.58 Å².